The number of ketones is 2. The van der Waals surface area contributed by atoms with Crippen molar-refractivity contribution in [2.24, 2.45) is 0 Å². The summed E-state index contributed by atoms with van der Waals surface area (Å²) in [6.45, 7) is 8.61. The normalized spacial score (nSPS) is 20.9. The summed E-state index contributed by atoms with van der Waals surface area (Å²) >= 11 is 0. The fraction of sp³-hybridized carbons (Fsp3) is 0.444. The highest BCUT2D eigenvalue weighted by Crippen LogP contribution is 2.42. The highest BCUT2D eigenvalue weighted by atomic mass is 16.3. The molecule has 0 unspecified atom stereocenters. The summed E-state index contributed by atoms with van der Waals surface area (Å²) in [5, 5.41) is 21.0. The van der Waals surface area contributed by atoms with E-state index in [4.69, 9.17) is 0 Å². The summed E-state index contributed by atoms with van der Waals surface area (Å²) in [5.41, 5.74) is 1.01. The number of aryl methyl sites for hydroxylation is 1. The minimum atomic E-state index is -1.78. The van der Waals surface area contributed by atoms with Crippen LogP contribution in [0.3, 0.4) is 0 Å². The number of hydrogen-bond donors (Lipinski definition) is 2. The van der Waals surface area contributed by atoms with Crippen LogP contribution in [0.1, 0.15) is 67.1 Å². The van der Waals surface area contributed by atoms with Crippen molar-refractivity contribution in [3.8, 4) is 5.75 Å². The van der Waals surface area contributed by atoms with Gasteiger partial charge in [0.15, 0.2) is 11.4 Å². The number of carbonyl (C=O) groups is 2. The highest BCUT2D eigenvalue weighted by molar-refractivity contribution is 6.13. The Bertz CT molecular complexity index is 698. The van der Waals surface area contributed by atoms with Crippen molar-refractivity contribution in [2.75, 3.05) is 0 Å². The molecule has 0 radical (unpaired) electrons. The van der Waals surface area contributed by atoms with Gasteiger partial charge in [0.1, 0.15) is 11.5 Å². The molecule has 4 nitrogen and oxygen atoms in total. The Kier molecular flexibility index (Phi) is 4.00. The number of fused-ring (bicyclic) bond motifs is 1. The molecule has 0 saturated heterocycles. The van der Waals surface area contributed by atoms with Crippen LogP contribution in [0.5, 0.6) is 5.75 Å². The van der Waals surface area contributed by atoms with Gasteiger partial charge in [-0.05, 0) is 49.5 Å². The molecule has 1 aliphatic rings. The van der Waals surface area contributed by atoms with Crippen LogP contribution in [0.4, 0.5) is 0 Å². The van der Waals surface area contributed by atoms with Crippen molar-refractivity contribution in [3.05, 3.63) is 33.9 Å². The predicted octanol–water partition coefficient (Wildman–Crippen LogP) is 3.13. The topological polar surface area (TPSA) is 74.6 Å². The summed E-state index contributed by atoms with van der Waals surface area (Å²) in [5.74, 6) is -0.519. The van der Waals surface area contributed by atoms with Gasteiger partial charge in [0, 0.05) is 17.5 Å². The fourth-order valence-corrected chi connectivity index (χ4v) is 3.20. The number of aliphatic hydroxyl groups is 1. The zero-order valence-electron chi connectivity index (χ0n) is 13.7. The van der Waals surface area contributed by atoms with Crippen molar-refractivity contribution in [3.63, 3.8) is 0 Å². The fourth-order valence-electron chi connectivity index (χ4n) is 3.20. The SMILES string of the molecule is CC(=O)C[C@@]1(O)C(=O)c2c(C)cc(O)c(C(C)C)c2C=C1C. The molecule has 0 aliphatic heterocycles. The maximum Gasteiger partial charge on any atom is 0.199 e. The smallest absolute Gasteiger partial charge is 0.199 e. The number of benzene rings is 1. The first-order chi connectivity index (χ1) is 10.1. The van der Waals surface area contributed by atoms with Crippen LogP contribution in [-0.2, 0) is 4.79 Å². The van der Waals surface area contributed by atoms with E-state index < -0.39 is 11.4 Å². The minimum Gasteiger partial charge on any atom is -0.508 e. The molecule has 0 saturated carbocycles. The molecule has 1 aromatic carbocycles. The molecule has 2 rings (SSSR count). The van der Waals surface area contributed by atoms with Gasteiger partial charge in [-0.1, -0.05) is 19.9 Å². The lowest BCUT2D eigenvalue weighted by Crippen LogP contribution is -2.44. The Morgan fingerprint density at radius 1 is 1.32 bits per heavy atom. The summed E-state index contributed by atoms with van der Waals surface area (Å²) < 4.78 is 0. The number of carbonyl (C=O) groups excluding carboxylic acids is 2. The largest absolute Gasteiger partial charge is 0.508 e. The van der Waals surface area contributed by atoms with E-state index in [0.29, 0.717) is 27.8 Å². The molecule has 1 aromatic rings. The van der Waals surface area contributed by atoms with Gasteiger partial charge >= 0.3 is 0 Å². The van der Waals surface area contributed by atoms with E-state index in [-0.39, 0.29) is 23.9 Å². The molecule has 0 fully saturated rings. The second kappa shape index (κ2) is 5.36. The summed E-state index contributed by atoms with van der Waals surface area (Å²) in [6.07, 6.45) is 1.49. The van der Waals surface area contributed by atoms with Crippen LogP contribution in [0.2, 0.25) is 0 Å². The van der Waals surface area contributed by atoms with Crippen molar-refractivity contribution >= 4 is 17.6 Å². The van der Waals surface area contributed by atoms with Crippen LogP contribution in [-0.4, -0.2) is 27.4 Å². The lowest BCUT2D eigenvalue weighted by Gasteiger charge is -2.33. The maximum absolute atomic E-state index is 12.9. The van der Waals surface area contributed by atoms with E-state index in [2.05, 4.69) is 0 Å². The van der Waals surface area contributed by atoms with Crippen molar-refractivity contribution in [2.45, 2.75) is 52.6 Å². The van der Waals surface area contributed by atoms with Crippen molar-refractivity contribution in [1.82, 2.24) is 0 Å². The third-order valence-corrected chi connectivity index (χ3v) is 4.28. The second-order valence-electron chi connectivity index (χ2n) is 6.47. The van der Waals surface area contributed by atoms with E-state index in [0.717, 1.165) is 0 Å². The zero-order chi connectivity index (χ0) is 16.8. The minimum absolute atomic E-state index is 0.0326. The average molecular weight is 302 g/mol. The molecule has 0 amide bonds. The number of aromatic hydroxyl groups is 1. The molecular weight excluding hydrogens is 280 g/mol. The Morgan fingerprint density at radius 2 is 1.91 bits per heavy atom. The first-order valence-corrected chi connectivity index (χ1v) is 7.41. The maximum atomic E-state index is 12.9. The molecule has 2 N–H and O–H groups in total. The standard InChI is InChI=1S/C18H22O4/c1-9(2)15-13-7-11(4)18(22,8-12(5)19)17(21)16(13)10(3)6-14(15)20/h6-7,9,20,22H,8H2,1-5H3/t18-/m0/s1. The zero-order valence-corrected chi connectivity index (χ0v) is 13.7. The van der Waals surface area contributed by atoms with Crippen LogP contribution >= 0.6 is 0 Å². The van der Waals surface area contributed by atoms with Gasteiger partial charge in [-0.15, -0.1) is 0 Å². The molecule has 118 valence electrons. The number of phenolic OH excluding ortho intramolecular Hbond substituents is 1. The highest BCUT2D eigenvalue weighted by Gasteiger charge is 2.44. The molecule has 0 aromatic heterocycles. The Labute approximate surface area is 130 Å². The molecule has 22 heavy (non-hydrogen) atoms. The number of rotatable bonds is 3. The predicted molar refractivity (Wildman–Crippen MR) is 85.2 cm³/mol. The first kappa shape index (κ1) is 16.4. The Hall–Kier alpha value is -1.94. The molecule has 0 spiro atoms. The van der Waals surface area contributed by atoms with E-state index in [9.17, 15) is 19.8 Å². The third kappa shape index (κ3) is 2.37. The average Bonchev–Trinajstić information content (AvgIpc) is 2.34. The van der Waals surface area contributed by atoms with Crippen molar-refractivity contribution < 1.29 is 19.8 Å². The van der Waals surface area contributed by atoms with E-state index in [1.165, 1.54) is 6.92 Å². The van der Waals surface area contributed by atoms with Crippen LogP contribution in [0.25, 0.3) is 6.08 Å². The van der Waals surface area contributed by atoms with Gasteiger partial charge in [-0.25, -0.2) is 0 Å². The summed E-state index contributed by atoms with van der Waals surface area (Å²) in [7, 11) is 0. The van der Waals surface area contributed by atoms with E-state index in [1.807, 2.05) is 13.8 Å². The lowest BCUT2D eigenvalue weighted by atomic mass is 9.73. The molecule has 1 aliphatic carbocycles. The molecule has 0 bridgehead atoms. The quantitative estimate of drug-likeness (QED) is 0.899. The van der Waals surface area contributed by atoms with E-state index >= 15 is 0 Å². The van der Waals surface area contributed by atoms with Crippen molar-refractivity contribution in [1.29, 1.82) is 0 Å². The van der Waals surface area contributed by atoms with Gasteiger partial charge in [-0.3, -0.25) is 9.59 Å². The second-order valence-corrected chi connectivity index (χ2v) is 6.47. The molecule has 1 atom stereocenters. The first-order valence-electron chi connectivity index (χ1n) is 7.41. The van der Waals surface area contributed by atoms with Crippen LogP contribution in [0.15, 0.2) is 11.6 Å². The molecule has 4 heteroatoms. The van der Waals surface area contributed by atoms with Gasteiger partial charge in [0.05, 0.1) is 0 Å². The van der Waals surface area contributed by atoms with Gasteiger partial charge in [0.2, 0.25) is 0 Å². The van der Waals surface area contributed by atoms with Crippen LogP contribution < -0.4 is 0 Å². The summed E-state index contributed by atoms with van der Waals surface area (Å²) in [4.78, 5) is 24.3. The van der Waals surface area contributed by atoms with Gasteiger partial charge in [0.25, 0.3) is 0 Å². The Balaban J connectivity index is 2.78. The van der Waals surface area contributed by atoms with E-state index in [1.54, 1.807) is 26.0 Å². The molecular formula is C18H22O4. The third-order valence-electron chi connectivity index (χ3n) is 4.28. The number of hydrogen-bond acceptors (Lipinski definition) is 4. The van der Waals surface area contributed by atoms with Gasteiger partial charge in [-0.2, -0.15) is 0 Å². The number of Topliss-reactive ketones (excluding diaryl/α,β-unsaturated/α-hetero) is 2. The number of phenols is 1. The summed E-state index contributed by atoms with van der Waals surface area (Å²) in [6, 6.07) is 1.55. The van der Waals surface area contributed by atoms with Crippen LogP contribution in [0, 0.1) is 6.92 Å². The van der Waals surface area contributed by atoms with Gasteiger partial charge < -0.3 is 10.2 Å². The lowest BCUT2D eigenvalue weighted by molar-refractivity contribution is -0.119. The Morgan fingerprint density at radius 3 is 2.41 bits per heavy atom. The molecule has 0 heterocycles. The monoisotopic (exact) mass is 302 g/mol.